The molecule has 0 aromatic heterocycles. The maximum Gasteiger partial charge on any atom is 0.252 e. The summed E-state index contributed by atoms with van der Waals surface area (Å²) in [5, 5.41) is 9.61. The average Bonchev–Trinajstić information content (AvgIpc) is 2.63. The molecule has 2 amide bonds. The van der Waals surface area contributed by atoms with Crippen LogP contribution >= 0.6 is 0 Å². The lowest BCUT2D eigenvalue weighted by Crippen LogP contribution is -2.48. The molecule has 1 aliphatic rings. The Balaban J connectivity index is 2.70. The normalized spacial score (nSPS) is 23.2. The van der Waals surface area contributed by atoms with Crippen molar-refractivity contribution in [1.29, 1.82) is 0 Å². The Hall–Kier alpha value is -1.10. The molecule has 0 aliphatic carbocycles. The molecule has 2 atom stereocenters. The molecule has 0 spiro atoms. The van der Waals surface area contributed by atoms with E-state index in [9.17, 15) is 14.7 Å². The predicted octanol–water partition coefficient (Wildman–Crippen LogP) is -0.520. The van der Waals surface area contributed by atoms with E-state index >= 15 is 0 Å². The van der Waals surface area contributed by atoms with Gasteiger partial charge in [0.15, 0.2) is 0 Å². The fraction of sp³-hybridized carbons (Fsp3) is 0.800. The van der Waals surface area contributed by atoms with Gasteiger partial charge < -0.3 is 15.7 Å². The van der Waals surface area contributed by atoms with E-state index in [-0.39, 0.29) is 11.8 Å². The molecular weight excluding hydrogens is 196 g/mol. The first kappa shape index (κ1) is 12.0. The summed E-state index contributed by atoms with van der Waals surface area (Å²) in [6, 6.07) is -0.536. The van der Waals surface area contributed by atoms with E-state index in [0.29, 0.717) is 13.0 Å². The third-order valence-electron chi connectivity index (χ3n) is 2.75. The first-order valence-corrected chi connectivity index (χ1v) is 5.23. The Kier molecular flexibility index (Phi) is 3.68. The molecule has 15 heavy (non-hydrogen) atoms. The van der Waals surface area contributed by atoms with Gasteiger partial charge in [-0.2, -0.15) is 0 Å². The number of hydrogen-bond donors (Lipinski definition) is 2. The lowest BCUT2D eigenvalue weighted by atomic mass is 10.1. The van der Waals surface area contributed by atoms with Crippen LogP contribution in [0.25, 0.3) is 0 Å². The number of amides is 2. The van der Waals surface area contributed by atoms with E-state index < -0.39 is 18.1 Å². The molecule has 0 radical (unpaired) electrons. The van der Waals surface area contributed by atoms with Gasteiger partial charge in [-0.1, -0.05) is 13.8 Å². The molecule has 1 fully saturated rings. The van der Waals surface area contributed by atoms with Crippen molar-refractivity contribution in [2.45, 2.75) is 38.8 Å². The van der Waals surface area contributed by atoms with Crippen LogP contribution in [0.3, 0.4) is 0 Å². The summed E-state index contributed by atoms with van der Waals surface area (Å²) in [5.74, 6) is -1.02. The van der Waals surface area contributed by atoms with Crippen LogP contribution in [0.4, 0.5) is 0 Å². The third kappa shape index (κ3) is 2.47. The Morgan fingerprint density at radius 1 is 1.47 bits per heavy atom. The van der Waals surface area contributed by atoms with Crippen LogP contribution in [0.2, 0.25) is 0 Å². The highest BCUT2D eigenvalue weighted by atomic mass is 16.3. The molecule has 1 rings (SSSR count). The summed E-state index contributed by atoms with van der Waals surface area (Å²) in [6.45, 7) is 4.03. The lowest BCUT2D eigenvalue weighted by molar-refractivity contribution is -0.146. The second kappa shape index (κ2) is 4.61. The van der Waals surface area contributed by atoms with Crippen LogP contribution in [0.15, 0.2) is 0 Å². The fourth-order valence-electron chi connectivity index (χ4n) is 1.78. The molecule has 1 saturated heterocycles. The summed E-state index contributed by atoms with van der Waals surface area (Å²) >= 11 is 0. The minimum Gasteiger partial charge on any atom is -0.383 e. The van der Waals surface area contributed by atoms with Gasteiger partial charge in [-0.3, -0.25) is 9.59 Å². The number of carbonyl (C=O) groups excluding carboxylic acids is 2. The molecule has 0 saturated carbocycles. The highest BCUT2D eigenvalue weighted by Crippen LogP contribution is 2.19. The van der Waals surface area contributed by atoms with Crippen molar-refractivity contribution in [3.63, 3.8) is 0 Å². The van der Waals surface area contributed by atoms with Crippen LogP contribution in [0.1, 0.15) is 26.7 Å². The smallest absolute Gasteiger partial charge is 0.252 e. The van der Waals surface area contributed by atoms with Crippen LogP contribution < -0.4 is 5.73 Å². The zero-order chi connectivity index (χ0) is 11.6. The minimum atomic E-state index is -1.04. The van der Waals surface area contributed by atoms with Crippen LogP contribution in [-0.2, 0) is 9.59 Å². The Morgan fingerprint density at radius 2 is 2.07 bits per heavy atom. The Morgan fingerprint density at radius 3 is 2.53 bits per heavy atom. The van der Waals surface area contributed by atoms with Crippen LogP contribution in [0.5, 0.6) is 0 Å². The summed E-state index contributed by atoms with van der Waals surface area (Å²) in [7, 11) is 0. The van der Waals surface area contributed by atoms with E-state index in [1.54, 1.807) is 13.8 Å². The molecule has 5 heteroatoms. The number of aliphatic hydroxyl groups excluding tert-OH is 1. The number of primary amides is 1. The monoisotopic (exact) mass is 214 g/mol. The minimum absolute atomic E-state index is 0.147. The standard InChI is InChI=1S/C10H18N2O3/c1-6(2)8(13)10(15)12-5-3-4-7(12)9(11)14/h6-8,13H,3-5H2,1-2H3,(H2,11,14)/t7-,8?/m0/s1. The van der Waals surface area contributed by atoms with Crippen molar-refractivity contribution in [1.82, 2.24) is 4.90 Å². The van der Waals surface area contributed by atoms with Gasteiger partial charge >= 0.3 is 0 Å². The second-order valence-corrected chi connectivity index (χ2v) is 4.28. The topological polar surface area (TPSA) is 83.6 Å². The van der Waals surface area contributed by atoms with Gasteiger partial charge in [-0.15, -0.1) is 0 Å². The van der Waals surface area contributed by atoms with E-state index in [4.69, 9.17) is 5.73 Å². The maximum absolute atomic E-state index is 11.8. The first-order valence-electron chi connectivity index (χ1n) is 5.23. The molecule has 1 aliphatic heterocycles. The van der Waals surface area contributed by atoms with Crippen molar-refractivity contribution < 1.29 is 14.7 Å². The number of likely N-dealkylation sites (tertiary alicyclic amines) is 1. The first-order chi connectivity index (χ1) is 6.95. The second-order valence-electron chi connectivity index (χ2n) is 4.28. The van der Waals surface area contributed by atoms with E-state index in [1.165, 1.54) is 4.90 Å². The molecule has 3 N–H and O–H groups in total. The molecule has 1 heterocycles. The van der Waals surface area contributed by atoms with Gasteiger partial charge in [-0.05, 0) is 18.8 Å². The summed E-state index contributed by atoms with van der Waals surface area (Å²) in [4.78, 5) is 24.2. The number of aliphatic hydroxyl groups is 1. The number of nitrogens with zero attached hydrogens (tertiary/aromatic N) is 1. The van der Waals surface area contributed by atoms with Crippen LogP contribution in [0, 0.1) is 5.92 Å². The summed E-state index contributed by atoms with van der Waals surface area (Å²) in [6.07, 6.45) is 0.334. The van der Waals surface area contributed by atoms with Gasteiger partial charge in [0, 0.05) is 6.54 Å². The van der Waals surface area contributed by atoms with E-state index in [1.807, 2.05) is 0 Å². The summed E-state index contributed by atoms with van der Waals surface area (Å²) < 4.78 is 0. The third-order valence-corrected chi connectivity index (χ3v) is 2.75. The number of nitrogens with two attached hydrogens (primary N) is 1. The van der Waals surface area contributed by atoms with E-state index in [2.05, 4.69) is 0 Å². The lowest BCUT2D eigenvalue weighted by Gasteiger charge is -2.26. The molecule has 0 aromatic carbocycles. The predicted molar refractivity (Wildman–Crippen MR) is 54.8 cm³/mol. The van der Waals surface area contributed by atoms with Gasteiger partial charge in [0.05, 0.1) is 0 Å². The Labute approximate surface area is 89.2 Å². The van der Waals surface area contributed by atoms with Gasteiger partial charge in [-0.25, -0.2) is 0 Å². The molecule has 1 unspecified atom stereocenters. The quantitative estimate of drug-likeness (QED) is 0.663. The molecule has 5 nitrogen and oxygen atoms in total. The van der Waals surface area contributed by atoms with Gasteiger partial charge in [0.1, 0.15) is 12.1 Å². The van der Waals surface area contributed by atoms with Crippen molar-refractivity contribution in [2.24, 2.45) is 11.7 Å². The van der Waals surface area contributed by atoms with Crippen molar-refractivity contribution in [3.05, 3.63) is 0 Å². The van der Waals surface area contributed by atoms with Crippen molar-refractivity contribution >= 4 is 11.8 Å². The number of carbonyl (C=O) groups is 2. The van der Waals surface area contributed by atoms with Crippen molar-refractivity contribution in [3.8, 4) is 0 Å². The molecular formula is C10H18N2O3. The van der Waals surface area contributed by atoms with Crippen molar-refractivity contribution in [2.75, 3.05) is 6.54 Å². The number of rotatable bonds is 3. The maximum atomic E-state index is 11.8. The summed E-state index contributed by atoms with van der Waals surface area (Å²) in [5.41, 5.74) is 5.19. The Bertz CT molecular complexity index is 265. The zero-order valence-electron chi connectivity index (χ0n) is 9.14. The number of hydrogen-bond acceptors (Lipinski definition) is 3. The highest BCUT2D eigenvalue weighted by molar-refractivity contribution is 5.89. The fourth-order valence-corrected chi connectivity index (χ4v) is 1.78. The van der Waals surface area contributed by atoms with Gasteiger partial charge in [0.2, 0.25) is 5.91 Å². The molecule has 0 bridgehead atoms. The van der Waals surface area contributed by atoms with Crippen LogP contribution in [-0.4, -0.2) is 40.5 Å². The molecule has 0 aromatic rings. The SMILES string of the molecule is CC(C)C(O)C(=O)N1CCC[C@H]1C(N)=O. The molecule has 86 valence electrons. The zero-order valence-corrected chi connectivity index (χ0v) is 9.14. The highest BCUT2D eigenvalue weighted by Gasteiger charge is 2.36. The largest absolute Gasteiger partial charge is 0.383 e. The average molecular weight is 214 g/mol. The van der Waals surface area contributed by atoms with Gasteiger partial charge in [0.25, 0.3) is 5.91 Å². The van der Waals surface area contributed by atoms with E-state index in [0.717, 1.165) is 6.42 Å².